The van der Waals surface area contributed by atoms with Crippen molar-refractivity contribution in [3.8, 4) is 0 Å². The lowest BCUT2D eigenvalue weighted by Gasteiger charge is -2.34. The molecule has 1 atom stereocenters. The third-order valence-corrected chi connectivity index (χ3v) is 5.00. The molecule has 20 heavy (non-hydrogen) atoms. The highest BCUT2D eigenvalue weighted by atomic mass is 79.9. The normalized spacial score (nSPS) is 18.4. The molecule has 1 fully saturated rings. The third kappa shape index (κ3) is 4.03. The van der Waals surface area contributed by atoms with E-state index in [1.165, 1.54) is 18.4 Å². The molecule has 0 spiro atoms. The van der Waals surface area contributed by atoms with Gasteiger partial charge in [-0.2, -0.15) is 0 Å². The minimum atomic E-state index is -0.186. The van der Waals surface area contributed by atoms with Gasteiger partial charge in [0.1, 0.15) is 5.82 Å². The Labute approximate surface area is 129 Å². The lowest BCUT2D eigenvalue weighted by atomic mass is 9.96. The Bertz CT molecular complexity index is 432. The Hall–Kier alpha value is -0.450. The summed E-state index contributed by atoms with van der Waals surface area (Å²) in [6.07, 6.45) is 2.52. The van der Waals surface area contributed by atoms with E-state index in [0.29, 0.717) is 6.04 Å². The maximum absolute atomic E-state index is 13.2. The molecule has 1 heterocycles. The molecule has 2 rings (SSSR count). The molecule has 1 aliphatic rings. The number of halogens is 2. The van der Waals surface area contributed by atoms with Crippen molar-refractivity contribution in [1.29, 1.82) is 0 Å². The van der Waals surface area contributed by atoms with Crippen molar-refractivity contribution in [2.24, 2.45) is 5.92 Å². The van der Waals surface area contributed by atoms with Crippen LogP contribution in [0.1, 0.15) is 38.3 Å². The lowest BCUT2D eigenvalue weighted by molar-refractivity contribution is 0.168. The van der Waals surface area contributed by atoms with Crippen molar-refractivity contribution in [3.05, 3.63) is 34.1 Å². The van der Waals surface area contributed by atoms with E-state index in [0.717, 1.165) is 36.6 Å². The summed E-state index contributed by atoms with van der Waals surface area (Å²) in [6.45, 7) is 8.84. The standard InChI is InChI=1S/C16H24BrFN2/c1-3-20(11-13-6-8-19-9-7-13)12(2)15-5-4-14(18)10-16(15)17/h4-5,10,12-13,19H,3,6-9,11H2,1-2H3. The van der Waals surface area contributed by atoms with E-state index < -0.39 is 0 Å². The summed E-state index contributed by atoms with van der Waals surface area (Å²) in [5.41, 5.74) is 1.17. The fraction of sp³-hybridized carbons (Fsp3) is 0.625. The molecule has 0 bridgehead atoms. The molecule has 0 aromatic heterocycles. The molecule has 1 N–H and O–H groups in total. The average Bonchev–Trinajstić information content (AvgIpc) is 2.45. The number of benzene rings is 1. The van der Waals surface area contributed by atoms with Gasteiger partial charge >= 0.3 is 0 Å². The molecule has 1 saturated heterocycles. The summed E-state index contributed by atoms with van der Waals surface area (Å²) >= 11 is 3.49. The van der Waals surface area contributed by atoms with Crippen LogP contribution in [0.5, 0.6) is 0 Å². The second-order valence-corrected chi connectivity index (χ2v) is 6.48. The quantitative estimate of drug-likeness (QED) is 0.870. The van der Waals surface area contributed by atoms with Crippen LogP contribution >= 0.6 is 15.9 Å². The van der Waals surface area contributed by atoms with Crippen LogP contribution in [0, 0.1) is 11.7 Å². The van der Waals surface area contributed by atoms with Gasteiger partial charge in [-0.05, 0) is 63.0 Å². The van der Waals surface area contributed by atoms with Crippen LogP contribution in [0.4, 0.5) is 4.39 Å². The predicted molar refractivity (Wildman–Crippen MR) is 85.4 cm³/mol. The number of nitrogens with zero attached hydrogens (tertiary/aromatic N) is 1. The first-order valence-corrected chi connectivity index (χ1v) is 8.30. The number of piperidine rings is 1. The van der Waals surface area contributed by atoms with E-state index in [9.17, 15) is 4.39 Å². The van der Waals surface area contributed by atoms with E-state index >= 15 is 0 Å². The Balaban J connectivity index is 2.05. The van der Waals surface area contributed by atoms with Crippen molar-refractivity contribution in [1.82, 2.24) is 10.2 Å². The van der Waals surface area contributed by atoms with Crippen LogP contribution in [0.15, 0.2) is 22.7 Å². The second-order valence-electron chi connectivity index (χ2n) is 5.62. The highest BCUT2D eigenvalue weighted by molar-refractivity contribution is 9.10. The smallest absolute Gasteiger partial charge is 0.124 e. The molecule has 2 nitrogen and oxygen atoms in total. The largest absolute Gasteiger partial charge is 0.317 e. The highest BCUT2D eigenvalue weighted by Crippen LogP contribution is 2.29. The van der Waals surface area contributed by atoms with Crippen LogP contribution in [0.2, 0.25) is 0 Å². The minimum Gasteiger partial charge on any atom is -0.317 e. The summed E-state index contributed by atoms with van der Waals surface area (Å²) in [4.78, 5) is 2.49. The van der Waals surface area contributed by atoms with Crippen molar-refractivity contribution >= 4 is 15.9 Å². The van der Waals surface area contributed by atoms with Crippen LogP contribution in [0.25, 0.3) is 0 Å². The molecule has 0 saturated carbocycles. The van der Waals surface area contributed by atoms with Gasteiger partial charge < -0.3 is 5.32 Å². The lowest BCUT2D eigenvalue weighted by Crippen LogP contribution is -2.37. The Morgan fingerprint density at radius 2 is 2.10 bits per heavy atom. The van der Waals surface area contributed by atoms with Gasteiger partial charge in [-0.3, -0.25) is 4.90 Å². The molecule has 1 aliphatic heterocycles. The van der Waals surface area contributed by atoms with E-state index in [2.05, 4.69) is 40.0 Å². The minimum absolute atomic E-state index is 0.186. The fourth-order valence-corrected chi connectivity index (χ4v) is 3.68. The first-order valence-electron chi connectivity index (χ1n) is 7.51. The van der Waals surface area contributed by atoms with E-state index in [1.807, 2.05) is 6.07 Å². The highest BCUT2D eigenvalue weighted by Gasteiger charge is 2.21. The molecular formula is C16H24BrFN2. The van der Waals surface area contributed by atoms with Crippen LogP contribution in [-0.4, -0.2) is 31.1 Å². The Morgan fingerprint density at radius 1 is 1.40 bits per heavy atom. The molecule has 4 heteroatoms. The van der Waals surface area contributed by atoms with Crippen LogP contribution in [0.3, 0.4) is 0 Å². The zero-order chi connectivity index (χ0) is 14.5. The van der Waals surface area contributed by atoms with E-state index in [1.54, 1.807) is 12.1 Å². The predicted octanol–water partition coefficient (Wildman–Crippen LogP) is 3.97. The number of rotatable bonds is 5. The average molecular weight is 343 g/mol. The van der Waals surface area contributed by atoms with Crippen molar-refractivity contribution in [2.45, 2.75) is 32.7 Å². The number of nitrogens with one attached hydrogen (secondary N) is 1. The summed E-state index contributed by atoms with van der Waals surface area (Å²) in [6, 6.07) is 5.32. The second kappa shape index (κ2) is 7.53. The van der Waals surface area contributed by atoms with Crippen molar-refractivity contribution in [2.75, 3.05) is 26.2 Å². The molecule has 0 radical (unpaired) electrons. The molecule has 0 amide bonds. The number of hydrogen-bond donors (Lipinski definition) is 1. The van der Waals surface area contributed by atoms with Gasteiger partial charge in [0.15, 0.2) is 0 Å². The first-order chi connectivity index (χ1) is 9.61. The topological polar surface area (TPSA) is 15.3 Å². The van der Waals surface area contributed by atoms with Gasteiger partial charge in [0.25, 0.3) is 0 Å². The fourth-order valence-electron chi connectivity index (χ4n) is 2.99. The maximum Gasteiger partial charge on any atom is 0.124 e. The summed E-state index contributed by atoms with van der Waals surface area (Å²) < 4.78 is 14.1. The van der Waals surface area contributed by atoms with Gasteiger partial charge in [0.05, 0.1) is 0 Å². The van der Waals surface area contributed by atoms with E-state index in [-0.39, 0.29) is 5.82 Å². The Morgan fingerprint density at radius 3 is 2.70 bits per heavy atom. The zero-order valence-corrected chi connectivity index (χ0v) is 13.9. The third-order valence-electron chi connectivity index (χ3n) is 4.32. The summed E-state index contributed by atoms with van der Waals surface area (Å²) in [7, 11) is 0. The molecule has 112 valence electrons. The van der Waals surface area contributed by atoms with Gasteiger partial charge in [0, 0.05) is 17.1 Å². The maximum atomic E-state index is 13.2. The molecule has 1 unspecified atom stereocenters. The van der Waals surface area contributed by atoms with Crippen molar-refractivity contribution < 1.29 is 4.39 Å². The van der Waals surface area contributed by atoms with Gasteiger partial charge in [0.2, 0.25) is 0 Å². The van der Waals surface area contributed by atoms with Crippen LogP contribution in [-0.2, 0) is 0 Å². The summed E-state index contributed by atoms with van der Waals surface area (Å²) in [5, 5.41) is 3.41. The molecular weight excluding hydrogens is 319 g/mol. The van der Waals surface area contributed by atoms with Crippen LogP contribution < -0.4 is 5.32 Å². The SMILES string of the molecule is CCN(CC1CCNCC1)C(C)c1ccc(F)cc1Br. The van der Waals surface area contributed by atoms with E-state index in [4.69, 9.17) is 0 Å². The number of hydrogen-bond acceptors (Lipinski definition) is 2. The zero-order valence-electron chi connectivity index (χ0n) is 12.3. The van der Waals surface area contributed by atoms with Gasteiger partial charge in [-0.25, -0.2) is 4.39 Å². The van der Waals surface area contributed by atoms with Gasteiger partial charge in [-0.1, -0.05) is 28.9 Å². The molecule has 0 aliphatic carbocycles. The molecule has 1 aromatic rings. The first kappa shape index (κ1) is 15.9. The van der Waals surface area contributed by atoms with Gasteiger partial charge in [-0.15, -0.1) is 0 Å². The monoisotopic (exact) mass is 342 g/mol. The summed E-state index contributed by atoms with van der Waals surface area (Å²) in [5.74, 6) is 0.590. The molecule has 1 aromatic carbocycles. The van der Waals surface area contributed by atoms with Crippen molar-refractivity contribution in [3.63, 3.8) is 0 Å². The Kier molecular flexibility index (Phi) is 6.00.